The number of hydrogen-bond acceptors (Lipinski definition) is 4. The molecule has 1 aliphatic carbocycles. The van der Waals surface area contributed by atoms with Gasteiger partial charge in [-0.05, 0) is 49.3 Å². The second kappa shape index (κ2) is 6.29. The van der Waals surface area contributed by atoms with Gasteiger partial charge in [0.2, 0.25) is 10.0 Å². The van der Waals surface area contributed by atoms with Crippen LogP contribution in [0.1, 0.15) is 24.8 Å². The van der Waals surface area contributed by atoms with Crippen molar-refractivity contribution in [1.82, 2.24) is 4.72 Å². The Morgan fingerprint density at radius 1 is 1.38 bits per heavy atom. The maximum atomic E-state index is 13.9. The van der Waals surface area contributed by atoms with Crippen LogP contribution in [0.2, 0.25) is 0 Å². The van der Waals surface area contributed by atoms with E-state index in [0.29, 0.717) is 5.56 Å². The third kappa shape index (κ3) is 3.53. The third-order valence-electron chi connectivity index (χ3n) is 4.20. The van der Waals surface area contributed by atoms with Crippen LogP contribution in [0.25, 0.3) is 0 Å². The van der Waals surface area contributed by atoms with Crippen LogP contribution < -0.4 is 10.5 Å². The summed E-state index contributed by atoms with van der Waals surface area (Å²) in [7, 11) is -3.94. The van der Waals surface area contributed by atoms with E-state index in [1.54, 1.807) is 6.92 Å². The Kier molecular flexibility index (Phi) is 4.85. The van der Waals surface area contributed by atoms with E-state index in [9.17, 15) is 17.9 Å². The lowest BCUT2D eigenvalue weighted by molar-refractivity contribution is 0.195. The molecule has 1 aromatic rings. The number of aliphatic hydroxyl groups excluding tert-OH is 1. The highest BCUT2D eigenvalue weighted by atomic mass is 32.2. The Balaban J connectivity index is 2.14. The van der Waals surface area contributed by atoms with E-state index in [1.807, 2.05) is 0 Å². The highest BCUT2D eigenvalue weighted by Gasteiger charge is 2.29. The summed E-state index contributed by atoms with van der Waals surface area (Å²) in [6, 6.07) is 2.27. The van der Waals surface area contributed by atoms with E-state index in [-0.39, 0.29) is 30.7 Å². The fourth-order valence-electron chi connectivity index (χ4n) is 2.79. The second-order valence-corrected chi connectivity index (χ2v) is 7.36. The SMILES string of the molecule is Cc1cc(F)c(S(=O)(=O)NCC2CCCC2CO)cc1N. The van der Waals surface area contributed by atoms with Crippen molar-refractivity contribution in [2.45, 2.75) is 31.1 Å². The van der Waals surface area contributed by atoms with Gasteiger partial charge in [-0.2, -0.15) is 0 Å². The molecule has 0 aromatic heterocycles. The molecule has 0 spiro atoms. The molecule has 0 amide bonds. The number of benzene rings is 1. The Hall–Kier alpha value is -1.18. The minimum absolute atomic E-state index is 0.0538. The van der Waals surface area contributed by atoms with Gasteiger partial charge in [0.05, 0.1) is 0 Å². The van der Waals surface area contributed by atoms with Gasteiger partial charge >= 0.3 is 0 Å². The number of aliphatic hydroxyl groups is 1. The Morgan fingerprint density at radius 2 is 2.05 bits per heavy atom. The number of halogens is 1. The third-order valence-corrected chi connectivity index (χ3v) is 5.64. The summed E-state index contributed by atoms with van der Waals surface area (Å²) in [5.74, 6) is -0.601. The van der Waals surface area contributed by atoms with Gasteiger partial charge in [0, 0.05) is 18.8 Å². The molecule has 0 aliphatic heterocycles. The molecule has 2 unspecified atom stereocenters. The molecule has 0 saturated heterocycles. The molecule has 7 heteroatoms. The van der Waals surface area contributed by atoms with Gasteiger partial charge in [-0.15, -0.1) is 0 Å². The predicted molar refractivity (Wildman–Crippen MR) is 78.7 cm³/mol. The number of nitrogens with two attached hydrogens (primary N) is 1. The lowest BCUT2D eigenvalue weighted by Gasteiger charge is -2.18. The predicted octanol–water partition coefficient (Wildman–Crippen LogP) is 1.40. The minimum atomic E-state index is -3.94. The lowest BCUT2D eigenvalue weighted by Crippen LogP contribution is -2.32. The number of aryl methyl sites for hydroxylation is 1. The van der Waals surface area contributed by atoms with Crippen LogP contribution >= 0.6 is 0 Å². The van der Waals surface area contributed by atoms with Crippen molar-refractivity contribution >= 4 is 15.7 Å². The van der Waals surface area contributed by atoms with E-state index in [0.717, 1.165) is 31.4 Å². The zero-order chi connectivity index (χ0) is 15.6. The largest absolute Gasteiger partial charge is 0.398 e. The van der Waals surface area contributed by atoms with Crippen molar-refractivity contribution in [2.75, 3.05) is 18.9 Å². The van der Waals surface area contributed by atoms with E-state index in [4.69, 9.17) is 5.73 Å². The summed E-state index contributed by atoms with van der Waals surface area (Å²) in [6.07, 6.45) is 2.74. The zero-order valence-electron chi connectivity index (χ0n) is 12.0. The smallest absolute Gasteiger partial charge is 0.243 e. The van der Waals surface area contributed by atoms with Crippen molar-refractivity contribution in [2.24, 2.45) is 11.8 Å². The first-order valence-corrected chi connectivity index (χ1v) is 8.49. The van der Waals surface area contributed by atoms with Crippen molar-refractivity contribution in [3.63, 3.8) is 0 Å². The number of nitrogen functional groups attached to an aromatic ring is 1. The molecule has 1 fully saturated rings. The molecule has 1 aromatic carbocycles. The summed E-state index contributed by atoms with van der Waals surface area (Å²) in [4.78, 5) is -0.427. The van der Waals surface area contributed by atoms with E-state index < -0.39 is 20.7 Å². The molecule has 0 heterocycles. The summed E-state index contributed by atoms with van der Waals surface area (Å²) in [6.45, 7) is 1.88. The quantitative estimate of drug-likeness (QED) is 0.716. The lowest BCUT2D eigenvalue weighted by atomic mass is 9.97. The Labute approximate surface area is 124 Å². The van der Waals surface area contributed by atoms with Crippen LogP contribution in [0.5, 0.6) is 0 Å². The molecular formula is C14H21FN2O3S. The van der Waals surface area contributed by atoms with E-state index >= 15 is 0 Å². The second-order valence-electron chi connectivity index (χ2n) is 5.62. The van der Waals surface area contributed by atoms with Crippen LogP contribution in [0.3, 0.4) is 0 Å². The van der Waals surface area contributed by atoms with Crippen molar-refractivity contribution in [3.05, 3.63) is 23.5 Å². The number of nitrogens with one attached hydrogen (secondary N) is 1. The first-order chi connectivity index (χ1) is 9.85. The Bertz CT molecular complexity index is 619. The minimum Gasteiger partial charge on any atom is -0.398 e. The molecule has 1 saturated carbocycles. The highest BCUT2D eigenvalue weighted by molar-refractivity contribution is 7.89. The van der Waals surface area contributed by atoms with Crippen molar-refractivity contribution < 1.29 is 17.9 Å². The highest BCUT2D eigenvalue weighted by Crippen LogP contribution is 2.31. The topological polar surface area (TPSA) is 92.4 Å². The van der Waals surface area contributed by atoms with Crippen LogP contribution in [0.15, 0.2) is 17.0 Å². The molecule has 118 valence electrons. The van der Waals surface area contributed by atoms with Gasteiger partial charge < -0.3 is 10.8 Å². The van der Waals surface area contributed by atoms with Crippen molar-refractivity contribution in [3.8, 4) is 0 Å². The molecule has 1 aliphatic rings. The van der Waals surface area contributed by atoms with Crippen molar-refractivity contribution in [1.29, 1.82) is 0 Å². The number of sulfonamides is 1. The Morgan fingerprint density at radius 3 is 2.71 bits per heavy atom. The molecular weight excluding hydrogens is 295 g/mol. The maximum Gasteiger partial charge on any atom is 0.243 e. The molecule has 0 bridgehead atoms. The summed E-state index contributed by atoms with van der Waals surface area (Å²) in [5, 5.41) is 9.24. The summed E-state index contributed by atoms with van der Waals surface area (Å²) >= 11 is 0. The average molecular weight is 316 g/mol. The number of anilines is 1. The number of hydrogen-bond donors (Lipinski definition) is 3. The molecule has 21 heavy (non-hydrogen) atoms. The van der Waals surface area contributed by atoms with Gasteiger partial charge in [0.15, 0.2) is 0 Å². The first-order valence-electron chi connectivity index (χ1n) is 7.01. The summed E-state index contributed by atoms with van der Waals surface area (Å²) in [5.41, 5.74) is 6.40. The molecule has 4 N–H and O–H groups in total. The maximum absolute atomic E-state index is 13.9. The molecule has 5 nitrogen and oxygen atoms in total. The monoisotopic (exact) mass is 316 g/mol. The summed E-state index contributed by atoms with van der Waals surface area (Å²) < 4.78 is 40.7. The van der Waals surface area contributed by atoms with Gasteiger partial charge in [-0.25, -0.2) is 17.5 Å². The van der Waals surface area contributed by atoms with Gasteiger partial charge in [0.25, 0.3) is 0 Å². The van der Waals surface area contributed by atoms with E-state index in [1.165, 1.54) is 0 Å². The fraction of sp³-hybridized carbons (Fsp3) is 0.571. The van der Waals surface area contributed by atoms with Crippen LogP contribution in [-0.2, 0) is 10.0 Å². The average Bonchev–Trinajstić information content (AvgIpc) is 2.88. The van der Waals surface area contributed by atoms with Gasteiger partial charge in [-0.1, -0.05) is 6.42 Å². The zero-order valence-corrected chi connectivity index (χ0v) is 12.8. The fourth-order valence-corrected chi connectivity index (χ4v) is 3.98. The molecule has 2 rings (SSSR count). The number of rotatable bonds is 5. The first kappa shape index (κ1) is 16.2. The standard InChI is InChI=1S/C14H21FN2O3S/c1-9-5-12(15)14(6-13(9)16)21(19,20)17-7-10-3-2-4-11(10)8-18/h5-6,10-11,17-18H,2-4,7-8,16H2,1H3. The van der Waals surface area contributed by atoms with Crippen LogP contribution in [0.4, 0.5) is 10.1 Å². The van der Waals surface area contributed by atoms with Crippen LogP contribution in [-0.4, -0.2) is 26.7 Å². The van der Waals surface area contributed by atoms with Gasteiger partial charge in [-0.3, -0.25) is 0 Å². The van der Waals surface area contributed by atoms with Crippen LogP contribution in [0, 0.1) is 24.6 Å². The normalized spacial score (nSPS) is 22.6. The van der Waals surface area contributed by atoms with Gasteiger partial charge in [0.1, 0.15) is 10.7 Å². The van der Waals surface area contributed by atoms with E-state index in [2.05, 4.69) is 4.72 Å². The molecule has 2 atom stereocenters. The molecule has 0 radical (unpaired) electrons.